The molecule has 1 aliphatic heterocycles. The van der Waals surface area contributed by atoms with Crippen LogP contribution in [0.15, 0.2) is 83.9 Å². The first-order valence-corrected chi connectivity index (χ1v) is 9.68. The van der Waals surface area contributed by atoms with Crippen LogP contribution in [0.1, 0.15) is 27.8 Å². The van der Waals surface area contributed by atoms with Crippen LogP contribution in [0.2, 0.25) is 0 Å². The zero-order valence-electron chi connectivity index (χ0n) is 16.1. The molecule has 1 aliphatic rings. The van der Waals surface area contributed by atoms with Crippen molar-refractivity contribution in [2.45, 2.75) is 18.6 Å². The van der Waals surface area contributed by atoms with Gasteiger partial charge in [0, 0.05) is 5.56 Å². The average molecular weight is 407 g/mol. The van der Waals surface area contributed by atoms with E-state index in [1.165, 1.54) is 17.7 Å². The van der Waals surface area contributed by atoms with Gasteiger partial charge in [-0.3, -0.25) is 0 Å². The number of nitrogens with zero attached hydrogens (tertiary/aromatic N) is 1. The topological polar surface area (TPSA) is 21.6 Å². The van der Waals surface area contributed by atoms with Gasteiger partial charge < -0.3 is 4.74 Å². The minimum absolute atomic E-state index is 0.0642. The molecule has 3 aromatic carbocycles. The van der Waals surface area contributed by atoms with E-state index in [1.807, 2.05) is 48.5 Å². The molecule has 1 heterocycles. The summed E-state index contributed by atoms with van der Waals surface area (Å²) in [6, 6.07) is 23.0. The summed E-state index contributed by atoms with van der Waals surface area (Å²) < 4.78 is 44.0. The Morgan fingerprint density at radius 3 is 2.30 bits per heavy atom. The van der Waals surface area contributed by atoms with Crippen LogP contribution in [0.25, 0.3) is 12.2 Å². The van der Waals surface area contributed by atoms with Crippen LogP contribution in [0.5, 0.6) is 0 Å². The molecule has 0 radical (unpaired) electrons. The van der Waals surface area contributed by atoms with Crippen LogP contribution in [0.3, 0.4) is 0 Å². The number of aliphatic imine (C=N–C) groups is 1. The van der Waals surface area contributed by atoms with Crippen molar-refractivity contribution in [1.29, 1.82) is 0 Å². The van der Waals surface area contributed by atoms with E-state index in [0.29, 0.717) is 18.1 Å². The summed E-state index contributed by atoms with van der Waals surface area (Å²) in [5, 5.41) is 0. The van der Waals surface area contributed by atoms with Crippen molar-refractivity contribution in [1.82, 2.24) is 0 Å². The highest BCUT2D eigenvalue weighted by Crippen LogP contribution is 2.29. The maximum absolute atomic E-state index is 12.7. The van der Waals surface area contributed by atoms with Gasteiger partial charge in [0.25, 0.3) is 0 Å². The van der Waals surface area contributed by atoms with Crippen molar-refractivity contribution in [2.24, 2.45) is 4.99 Å². The van der Waals surface area contributed by atoms with E-state index in [0.717, 1.165) is 29.7 Å². The molecular weight excluding hydrogens is 387 g/mol. The molecule has 5 heteroatoms. The Kier molecular flexibility index (Phi) is 5.70. The molecule has 0 bridgehead atoms. The van der Waals surface area contributed by atoms with Gasteiger partial charge in [0.15, 0.2) is 0 Å². The zero-order valence-corrected chi connectivity index (χ0v) is 16.1. The fraction of sp³-hybridized carbons (Fsp3) is 0.160. The van der Waals surface area contributed by atoms with E-state index in [2.05, 4.69) is 12.1 Å². The second-order valence-electron chi connectivity index (χ2n) is 7.13. The Balaban J connectivity index is 1.51. The number of halogens is 3. The Labute approximate surface area is 173 Å². The van der Waals surface area contributed by atoms with Gasteiger partial charge >= 0.3 is 6.18 Å². The summed E-state index contributed by atoms with van der Waals surface area (Å²) in [4.78, 5) is 4.74. The van der Waals surface area contributed by atoms with Gasteiger partial charge in [-0.2, -0.15) is 13.2 Å². The maximum atomic E-state index is 12.7. The number of ether oxygens (including phenoxy) is 1. The fourth-order valence-electron chi connectivity index (χ4n) is 3.36. The molecule has 0 saturated carbocycles. The lowest BCUT2D eigenvalue weighted by Crippen LogP contribution is -2.09. The Hall–Kier alpha value is -3.34. The number of alkyl halides is 3. The van der Waals surface area contributed by atoms with E-state index in [1.54, 1.807) is 6.08 Å². The van der Waals surface area contributed by atoms with Crippen molar-refractivity contribution >= 4 is 18.0 Å². The normalized spacial score (nSPS) is 16.5. The van der Waals surface area contributed by atoms with E-state index in [4.69, 9.17) is 9.73 Å². The minimum Gasteiger partial charge on any atom is -0.475 e. The second-order valence-corrected chi connectivity index (χ2v) is 7.13. The highest BCUT2D eigenvalue weighted by molar-refractivity contribution is 5.99. The van der Waals surface area contributed by atoms with Gasteiger partial charge in [0.05, 0.1) is 11.6 Å². The number of rotatable bonds is 5. The smallest absolute Gasteiger partial charge is 0.416 e. The van der Waals surface area contributed by atoms with Crippen molar-refractivity contribution in [3.05, 3.63) is 107 Å². The minimum atomic E-state index is -4.33. The predicted octanol–water partition coefficient (Wildman–Crippen LogP) is 6.26. The lowest BCUT2D eigenvalue weighted by molar-refractivity contribution is -0.137. The van der Waals surface area contributed by atoms with Gasteiger partial charge in [0.2, 0.25) is 5.90 Å². The third-order valence-corrected chi connectivity index (χ3v) is 4.91. The lowest BCUT2D eigenvalue weighted by Gasteiger charge is -2.07. The van der Waals surface area contributed by atoms with E-state index < -0.39 is 11.7 Å². The van der Waals surface area contributed by atoms with Crippen LogP contribution < -0.4 is 0 Å². The fourth-order valence-corrected chi connectivity index (χ4v) is 3.36. The van der Waals surface area contributed by atoms with Crippen LogP contribution in [-0.2, 0) is 17.3 Å². The molecule has 0 saturated heterocycles. The molecule has 0 spiro atoms. The monoisotopic (exact) mass is 407 g/mol. The number of hydrogen-bond acceptors (Lipinski definition) is 2. The maximum Gasteiger partial charge on any atom is 0.416 e. The Morgan fingerprint density at radius 2 is 1.57 bits per heavy atom. The largest absolute Gasteiger partial charge is 0.475 e. The molecule has 1 atom stereocenters. The standard InChI is InChI=1S/C25H20F3NO/c26-25(27,28)21-14-11-18(12-15-21)10-13-20-8-4-5-9-23(20)24-29-22(17-30-24)16-19-6-2-1-3-7-19/h1-15,22H,16-17H2/b13-10+/t22-/m0/s1. The molecule has 3 aromatic rings. The molecule has 30 heavy (non-hydrogen) atoms. The number of benzene rings is 3. The van der Waals surface area contributed by atoms with Gasteiger partial charge in [-0.05, 0) is 41.3 Å². The summed E-state index contributed by atoms with van der Waals surface area (Å²) in [5.74, 6) is 0.601. The van der Waals surface area contributed by atoms with Gasteiger partial charge in [0.1, 0.15) is 6.61 Å². The molecule has 0 aromatic heterocycles. The Bertz CT molecular complexity index is 1050. The Morgan fingerprint density at radius 1 is 0.867 bits per heavy atom. The van der Waals surface area contributed by atoms with Gasteiger partial charge in [-0.15, -0.1) is 0 Å². The van der Waals surface area contributed by atoms with Crippen LogP contribution in [0, 0.1) is 0 Å². The molecule has 0 unspecified atom stereocenters. The molecule has 0 aliphatic carbocycles. The second kappa shape index (κ2) is 8.57. The third kappa shape index (κ3) is 4.79. The lowest BCUT2D eigenvalue weighted by atomic mass is 10.0. The summed E-state index contributed by atoms with van der Waals surface area (Å²) >= 11 is 0. The predicted molar refractivity (Wildman–Crippen MR) is 113 cm³/mol. The molecule has 0 amide bonds. The molecule has 2 nitrogen and oxygen atoms in total. The van der Waals surface area contributed by atoms with Crippen molar-refractivity contribution < 1.29 is 17.9 Å². The first-order chi connectivity index (χ1) is 14.5. The SMILES string of the molecule is FC(F)(F)c1ccc(/C=C/c2ccccc2C2=N[C@@H](Cc3ccccc3)CO2)cc1. The highest BCUT2D eigenvalue weighted by Gasteiger charge is 2.29. The molecule has 152 valence electrons. The average Bonchev–Trinajstić information content (AvgIpc) is 3.21. The van der Waals surface area contributed by atoms with Crippen LogP contribution >= 0.6 is 0 Å². The number of hydrogen-bond donors (Lipinski definition) is 0. The first-order valence-electron chi connectivity index (χ1n) is 9.68. The summed E-state index contributed by atoms with van der Waals surface area (Å²) in [6.45, 7) is 0.529. The van der Waals surface area contributed by atoms with Crippen LogP contribution in [-0.4, -0.2) is 18.5 Å². The molecule has 4 rings (SSSR count). The highest BCUT2D eigenvalue weighted by atomic mass is 19.4. The molecule has 0 fully saturated rings. The zero-order chi connectivity index (χ0) is 21.0. The van der Waals surface area contributed by atoms with Crippen molar-refractivity contribution in [2.75, 3.05) is 6.61 Å². The summed E-state index contributed by atoms with van der Waals surface area (Å²) in [5.41, 5.74) is 3.02. The van der Waals surface area contributed by atoms with Crippen LogP contribution in [0.4, 0.5) is 13.2 Å². The van der Waals surface area contributed by atoms with Gasteiger partial charge in [-0.1, -0.05) is 72.8 Å². The van der Waals surface area contributed by atoms with E-state index in [9.17, 15) is 13.2 Å². The summed E-state index contributed by atoms with van der Waals surface area (Å²) in [6.07, 6.45) is 0.140. The van der Waals surface area contributed by atoms with Crippen molar-refractivity contribution in [3.8, 4) is 0 Å². The molecular formula is C25H20F3NO. The summed E-state index contributed by atoms with van der Waals surface area (Å²) in [7, 11) is 0. The first kappa shape index (κ1) is 20.0. The molecule has 0 N–H and O–H groups in total. The van der Waals surface area contributed by atoms with E-state index in [-0.39, 0.29) is 6.04 Å². The van der Waals surface area contributed by atoms with Crippen molar-refractivity contribution in [3.63, 3.8) is 0 Å². The van der Waals surface area contributed by atoms with E-state index >= 15 is 0 Å². The quantitative estimate of drug-likeness (QED) is 0.457. The third-order valence-electron chi connectivity index (χ3n) is 4.91. The van der Waals surface area contributed by atoms with Gasteiger partial charge in [-0.25, -0.2) is 4.99 Å².